The molecule has 1 aliphatic rings. The average molecular weight is 253 g/mol. The lowest BCUT2D eigenvalue weighted by atomic mass is 10.1. The van der Waals surface area contributed by atoms with Gasteiger partial charge in [0.2, 0.25) is 5.91 Å². The topological polar surface area (TPSA) is 55.1 Å². The van der Waals surface area contributed by atoms with Gasteiger partial charge in [-0.25, -0.2) is 0 Å². The Hall–Kier alpha value is -1.06. The molecule has 0 spiro atoms. The summed E-state index contributed by atoms with van der Waals surface area (Å²) in [5, 5.41) is 3.67. The van der Waals surface area contributed by atoms with Crippen molar-refractivity contribution in [3.05, 3.63) is 34.9 Å². The lowest BCUT2D eigenvalue weighted by Gasteiger charge is -2.12. The summed E-state index contributed by atoms with van der Waals surface area (Å²) in [7, 11) is 0. The zero-order chi connectivity index (χ0) is 12.3. The molecular formula is C13H17ClN2O. The van der Waals surface area contributed by atoms with Crippen molar-refractivity contribution in [2.45, 2.75) is 19.3 Å². The molecule has 0 aliphatic heterocycles. The summed E-state index contributed by atoms with van der Waals surface area (Å²) in [5.74, 6) is 0.0991. The Labute approximate surface area is 106 Å². The number of hydrogen-bond donors (Lipinski definition) is 2. The van der Waals surface area contributed by atoms with E-state index >= 15 is 0 Å². The zero-order valence-electron chi connectivity index (χ0n) is 9.71. The number of nitrogens with one attached hydrogen (secondary N) is 1. The summed E-state index contributed by atoms with van der Waals surface area (Å²) in [6.07, 6.45) is 2.64. The minimum absolute atomic E-state index is 0.0991. The Morgan fingerprint density at radius 1 is 1.47 bits per heavy atom. The van der Waals surface area contributed by atoms with Crippen molar-refractivity contribution in [1.29, 1.82) is 0 Å². The summed E-state index contributed by atoms with van der Waals surface area (Å²) in [6, 6.07) is 7.69. The molecule has 0 unspecified atom stereocenters. The van der Waals surface area contributed by atoms with Gasteiger partial charge in [-0.3, -0.25) is 4.79 Å². The van der Waals surface area contributed by atoms with Crippen molar-refractivity contribution in [3.8, 4) is 0 Å². The van der Waals surface area contributed by atoms with Gasteiger partial charge in [-0.15, -0.1) is 0 Å². The van der Waals surface area contributed by atoms with E-state index in [0.29, 0.717) is 13.1 Å². The van der Waals surface area contributed by atoms with Gasteiger partial charge in [-0.2, -0.15) is 0 Å². The van der Waals surface area contributed by atoms with Crippen LogP contribution in [-0.2, 0) is 11.2 Å². The van der Waals surface area contributed by atoms with E-state index in [4.69, 9.17) is 17.3 Å². The van der Waals surface area contributed by atoms with Crippen molar-refractivity contribution in [1.82, 2.24) is 5.32 Å². The summed E-state index contributed by atoms with van der Waals surface area (Å²) >= 11 is 5.89. The predicted octanol–water partition coefficient (Wildman–Crippen LogP) is 1.74. The number of nitrogens with two attached hydrogens (primary N) is 1. The van der Waals surface area contributed by atoms with Crippen LogP contribution < -0.4 is 11.1 Å². The van der Waals surface area contributed by atoms with Crippen molar-refractivity contribution < 1.29 is 4.79 Å². The second-order valence-corrected chi connectivity index (χ2v) is 5.06. The van der Waals surface area contributed by atoms with Gasteiger partial charge >= 0.3 is 0 Å². The van der Waals surface area contributed by atoms with Gasteiger partial charge in [0.1, 0.15) is 0 Å². The molecule has 0 radical (unpaired) electrons. The first kappa shape index (κ1) is 12.4. The van der Waals surface area contributed by atoms with Gasteiger partial charge < -0.3 is 11.1 Å². The first-order chi connectivity index (χ1) is 8.16. The van der Waals surface area contributed by atoms with Crippen LogP contribution in [0.25, 0.3) is 0 Å². The van der Waals surface area contributed by atoms with E-state index in [2.05, 4.69) is 5.32 Å². The predicted molar refractivity (Wildman–Crippen MR) is 68.9 cm³/mol. The van der Waals surface area contributed by atoms with Crippen molar-refractivity contribution in [2.75, 3.05) is 13.1 Å². The molecule has 3 N–H and O–H groups in total. The van der Waals surface area contributed by atoms with Crippen LogP contribution in [0.2, 0.25) is 5.02 Å². The molecule has 0 heterocycles. The maximum absolute atomic E-state index is 11.8. The summed E-state index contributed by atoms with van der Waals surface area (Å²) in [5.41, 5.74) is 6.47. The molecule has 0 atom stereocenters. The van der Waals surface area contributed by atoms with E-state index in [1.54, 1.807) is 0 Å². The van der Waals surface area contributed by atoms with Crippen LogP contribution >= 0.6 is 11.6 Å². The van der Waals surface area contributed by atoms with Crippen LogP contribution in [0.1, 0.15) is 18.4 Å². The molecule has 2 rings (SSSR count). The Morgan fingerprint density at radius 3 is 2.82 bits per heavy atom. The minimum atomic E-state index is -0.256. The molecule has 1 aromatic carbocycles. The zero-order valence-corrected chi connectivity index (χ0v) is 10.5. The Bertz CT molecular complexity index is 416. The molecule has 4 heteroatoms. The first-order valence-electron chi connectivity index (χ1n) is 5.89. The Kier molecular flexibility index (Phi) is 3.69. The Balaban J connectivity index is 1.78. The van der Waals surface area contributed by atoms with Crippen molar-refractivity contribution in [3.63, 3.8) is 0 Å². The highest BCUT2D eigenvalue weighted by Gasteiger charge is 2.48. The fourth-order valence-corrected chi connectivity index (χ4v) is 2.09. The molecule has 0 saturated heterocycles. The fraction of sp³-hybridized carbons (Fsp3) is 0.462. The molecule has 0 aromatic heterocycles. The second-order valence-electron chi connectivity index (χ2n) is 4.62. The highest BCUT2D eigenvalue weighted by molar-refractivity contribution is 6.30. The van der Waals surface area contributed by atoms with Gasteiger partial charge in [-0.05, 0) is 37.0 Å². The molecule has 1 amide bonds. The van der Waals surface area contributed by atoms with Crippen molar-refractivity contribution >= 4 is 17.5 Å². The van der Waals surface area contributed by atoms with E-state index in [-0.39, 0.29) is 11.3 Å². The number of amides is 1. The molecule has 3 nitrogen and oxygen atoms in total. The molecule has 1 saturated carbocycles. The normalized spacial score (nSPS) is 16.6. The lowest BCUT2D eigenvalue weighted by molar-refractivity contribution is -0.125. The lowest BCUT2D eigenvalue weighted by Crippen LogP contribution is -2.37. The van der Waals surface area contributed by atoms with Crippen LogP contribution in [-0.4, -0.2) is 19.0 Å². The molecule has 0 bridgehead atoms. The third-order valence-corrected chi connectivity index (χ3v) is 3.55. The van der Waals surface area contributed by atoms with Crippen LogP contribution in [0, 0.1) is 5.41 Å². The largest absolute Gasteiger partial charge is 0.355 e. The number of rotatable bonds is 5. The van der Waals surface area contributed by atoms with E-state index in [0.717, 1.165) is 29.8 Å². The molecule has 1 aromatic rings. The maximum atomic E-state index is 11.8. The minimum Gasteiger partial charge on any atom is -0.355 e. The Morgan fingerprint density at radius 2 is 2.24 bits per heavy atom. The smallest absolute Gasteiger partial charge is 0.227 e. The van der Waals surface area contributed by atoms with E-state index < -0.39 is 0 Å². The van der Waals surface area contributed by atoms with E-state index in [1.165, 1.54) is 0 Å². The molecular weight excluding hydrogens is 236 g/mol. The first-order valence-corrected chi connectivity index (χ1v) is 6.27. The number of halogens is 1. The van der Waals surface area contributed by atoms with Crippen LogP contribution in [0.3, 0.4) is 0 Å². The van der Waals surface area contributed by atoms with Crippen LogP contribution in [0.15, 0.2) is 24.3 Å². The standard InChI is InChI=1S/C13H17ClN2O/c14-11-3-1-2-10(8-11)4-7-16-12(17)13(9-15)5-6-13/h1-3,8H,4-7,9,15H2,(H,16,17). The van der Waals surface area contributed by atoms with E-state index in [9.17, 15) is 4.79 Å². The third kappa shape index (κ3) is 2.99. The summed E-state index contributed by atoms with van der Waals surface area (Å²) in [4.78, 5) is 11.8. The second kappa shape index (κ2) is 5.07. The highest BCUT2D eigenvalue weighted by atomic mass is 35.5. The third-order valence-electron chi connectivity index (χ3n) is 3.31. The summed E-state index contributed by atoms with van der Waals surface area (Å²) < 4.78 is 0. The number of carbonyl (C=O) groups is 1. The van der Waals surface area contributed by atoms with Gasteiger partial charge in [0.15, 0.2) is 0 Å². The SMILES string of the molecule is NCC1(C(=O)NCCc2cccc(Cl)c2)CC1. The van der Waals surface area contributed by atoms with E-state index in [1.807, 2.05) is 24.3 Å². The number of hydrogen-bond acceptors (Lipinski definition) is 2. The molecule has 1 aliphatic carbocycles. The monoisotopic (exact) mass is 252 g/mol. The van der Waals surface area contributed by atoms with Gasteiger partial charge in [-0.1, -0.05) is 23.7 Å². The average Bonchev–Trinajstić information content (AvgIpc) is 3.10. The van der Waals surface area contributed by atoms with Crippen LogP contribution in [0.5, 0.6) is 0 Å². The summed E-state index contributed by atoms with van der Waals surface area (Å²) in [6.45, 7) is 1.09. The number of benzene rings is 1. The van der Waals surface area contributed by atoms with Gasteiger partial charge in [0.25, 0.3) is 0 Å². The van der Waals surface area contributed by atoms with Gasteiger partial charge in [0, 0.05) is 18.1 Å². The fourth-order valence-electron chi connectivity index (χ4n) is 1.88. The van der Waals surface area contributed by atoms with Crippen molar-refractivity contribution in [2.24, 2.45) is 11.1 Å². The molecule has 1 fully saturated rings. The molecule has 92 valence electrons. The quantitative estimate of drug-likeness (QED) is 0.839. The number of carbonyl (C=O) groups excluding carboxylic acids is 1. The highest BCUT2D eigenvalue weighted by Crippen LogP contribution is 2.44. The molecule has 17 heavy (non-hydrogen) atoms. The van der Waals surface area contributed by atoms with Crippen LogP contribution in [0.4, 0.5) is 0 Å². The maximum Gasteiger partial charge on any atom is 0.227 e. The van der Waals surface area contributed by atoms with Gasteiger partial charge in [0.05, 0.1) is 5.41 Å².